The van der Waals surface area contributed by atoms with E-state index in [4.69, 9.17) is 27.9 Å². The Hall–Kier alpha value is -0.840. The number of ether oxygens (including phenoxy) is 1. The van der Waals surface area contributed by atoms with E-state index in [9.17, 15) is 0 Å². The van der Waals surface area contributed by atoms with Crippen molar-refractivity contribution < 1.29 is 4.74 Å². The molecule has 6 heteroatoms. The molecule has 0 radical (unpaired) electrons. The van der Waals surface area contributed by atoms with Crippen molar-refractivity contribution in [2.24, 2.45) is 0 Å². The molecule has 0 spiro atoms. The number of halogens is 3. The van der Waals surface area contributed by atoms with Crippen molar-refractivity contribution in [1.82, 2.24) is 9.97 Å². The predicted molar refractivity (Wildman–Crippen MR) is 73.5 cm³/mol. The third-order valence-corrected chi connectivity index (χ3v) is 4.55. The lowest BCUT2D eigenvalue weighted by molar-refractivity contribution is 0.339. The lowest BCUT2D eigenvalue weighted by atomic mass is 10.0. The van der Waals surface area contributed by atoms with E-state index in [-0.39, 0.29) is 5.92 Å². The first kappa shape index (κ1) is 12.2. The Morgan fingerprint density at radius 3 is 2.56 bits per heavy atom. The largest absolute Gasteiger partial charge is 0.492 e. The standard InChI is InChI=1S/C12H7BrCl2N2O/c13-9-10(14)16-12(17-11(9)15)7-5-18-8-4-2-1-3-6(7)8/h1-4,7H,5H2. The smallest absolute Gasteiger partial charge is 0.148 e. The van der Waals surface area contributed by atoms with Crippen LogP contribution in [0.5, 0.6) is 5.75 Å². The average molecular weight is 346 g/mol. The van der Waals surface area contributed by atoms with Gasteiger partial charge in [-0.2, -0.15) is 0 Å². The second kappa shape index (κ2) is 4.68. The van der Waals surface area contributed by atoms with Crippen LogP contribution < -0.4 is 4.74 Å². The maximum Gasteiger partial charge on any atom is 0.148 e. The van der Waals surface area contributed by atoms with Gasteiger partial charge in [-0.15, -0.1) is 0 Å². The number of hydrogen-bond donors (Lipinski definition) is 0. The first-order valence-electron chi connectivity index (χ1n) is 5.27. The summed E-state index contributed by atoms with van der Waals surface area (Å²) in [4.78, 5) is 8.51. The zero-order valence-corrected chi connectivity index (χ0v) is 12.1. The molecule has 0 amide bonds. The lowest BCUT2D eigenvalue weighted by Crippen LogP contribution is -2.08. The second-order valence-corrected chi connectivity index (χ2v) is 5.39. The van der Waals surface area contributed by atoms with Crippen molar-refractivity contribution in [3.63, 3.8) is 0 Å². The minimum atomic E-state index is -0.0238. The van der Waals surface area contributed by atoms with Crippen molar-refractivity contribution in [1.29, 1.82) is 0 Å². The molecule has 0 fully saturated rings. The Balaban J connectivity index is 2.08. The van der Waals surface area contributed by atoms with Crippen LogP contribution in [0.4, 0.5) is 0 Å². The van der Waals surface area contributed by atoms with Gasteiger partial charge >= 0.3 is 0 Å². The zero-order chi connectivity index (χ0) is 12.7. The number of hydrogen-bond acceptors (Lipinski definition) is 3. The fraction of sp³-hybridized carbons (Fsp3) is 0.167. The van der Waals surface area contributed by atoms with Crippen molar-refractivity contribution in [2.45, 2.75) is 5.92 Å². The first-order valence-corrected chi connectivity index (χ1v) is 6.82. The van der Waals surface area contributed by atoms with Crippen molar-refractivity contribution in [3.05, 3.63) is 50.4 Å². The molecule has 1 aromatic heterocycles. The van der Waals surface area contributed by atoms with Crippen LogP contribution >= 0.6 is 39.1 Å². The molecule has 1 atom stereocenters. The van der Waals surface area contributed by atoms with Crippen LogP contribution in [0.2, 0.25) is 10.3 Å². The van der Waals surface area contributed by atoms with Gasteiger partial charge in [0.05, 0.1) is 10.4 Å². The van der Waals surface area contributed by atoms with E-state index < -0.39 is 0 Å². The van der Waals surface area contributed by atoms with Gasteiger partial charge < -0.3 is 4.74 Å². The molecule has 0 aliphatic carbocycles. The molecule has 0 N–H and O–H groups in total. The molecule has 2 aromatic rings. The van der Waals surface area contributed by atoms with E-state index in [1.807, 2.05) is 24.3 Å². The number of benzene rings is 1. The summed E-state index contributed by atoms with van der Waals surface area (Å²) >= 11 is 15.2. The number of rotatable bonds is 1. The molecule has 18 heavy (non-hydrogen) atoms. The Morgan fingerprint density at radius 1 is 1.17 bits per heavy atom. The fourth-order valence-corrected chi connectivity index (χ4v) is 2.52. The summed E-state index contributed by atoms with van der Waals surface area (Å²) in [6.07, 6.45) is 0. The quantitative estimate of drug-likeness (QED) is 0.731. The van der Waals surface area contributed by atoms with Gasteiger partial charge in [-0.1, -0.05) is 41.4 Å². The SMILES string of the molecule is Clc1nc(C2COc3ccccc32)nc(Cl)c1Br. The third-order valence-electron chi connectivity index (χ3n) is 2.80. The van der Waals surface area contributed by atoms with Crippen LogP contribution in [0.15, 0.2) is 28.7 Å². The van der Waals surface area contributed by atoms with Gasteiger partial charge in [-0.3, -0.25) is 0 Å². The maximum absolute atomic E-state index is 6.00. The van der Waals surface area contributed by atoms with E-state index in [1.54, 1.807) is 0 Å². The van der Waals surface area contributed by atoms with Crippen LogP contribution in [0, 0.1) is 0 Å². The highest BCUT2D eigenvalue weighted by Gasteiger charge is 2.28. The summed E-state index contributed by atoms with van der Waals surface area (Å²) in [5.74, 6) is 1.42. The summed E-state index contributed by atoms with van der Waals surface area (Å²) in [5, 5.41) is 0.628. The summed E-state index contributed by atoms with van der Waals surface area (Å²) in [6.45, 7) is 0.508. The first-order chi connectivity index (χ1) is 8.66. The monoisotopic (exact) mass is 344 g/mol. The lowest BCUT2D eigenvalue weighted by Gasteiger charge is -2.09. The molecule has 3 rings (SSSR count). The molecule has 0 saturated carbocycles. The molecule has 2 heterocycles. The van der Waals surface area contributed by atoms with Gasteiger partial charge in [0.15, 0.2) is 0 Å². The molecule has 3 nitrogen and oxygen atoms in total. The Bertz CT molecular complexity index is 598. The summed E-state index contributed by atoms with van der Waals surface area (Å²) in [7, 11) is 0. The Labute approximate surface area is 122 Å². The van der Waals surface area contributed by atoms with Crippen LogP contribution in [0.1, 0.15) is 17.3 Å². The third kappa shape index (κ3) is 1.98. The highest BCUT2D eigenvalue weighted by molar-refractivity contribution is 9.10. The van der Waals surface area contributed by atoms with Gasteiger partial charge in [-0.05, 0) is 22.0 Å². The zero-order valence-electron chi connectivity index (χ0n) is 9.03. The number of para-hydroxylation sites is 1. The molecule has 0 bridgehead atoms. The Kier molecular flexibility index (Phi) is 3.18. The summed E-state index contributed by atoms with van der Waals surface area (Å²) < 4.78 is 6.11. The highest BCUT2D eigenvalue weighted by atomic mass is 79.9. The topological polar surface area (TPSA) is 35.0 Å². The van der Waals surface area contributed by atoms with Crippen LogP contribution in [0.25, 0.3) is 0 Å². The van der Waals surface area contributed by atoms with Crippen molar-refractivity contribution >= 4 is 39.1 Å². The summed E-state index contributed by atoms with van der Waals surface area (Å²) in [5.41, 5.74) is 1.06. The van der Waals surface area contributed by atoms with Crippen molar-refractivity contribution in [2.75, 3.05) is 6.61 Å². The number of aromatic nitrogens is 2. The van der Waals surface area contributed by atoms with Gasteiger partial charge in [0.25, 0.3) is 0 Å². The second-order valence-electron chi connectivity index (χ2n) is 3.88. The molecule has 0 saturated heterocycles. The Morgan fingerprint density at radius 2 is 1.83 bits per heavy atom. The molecular formula is C12H7BrCl2N2O. The number of nitrogens with zero attached hydrogens (tertiary/aromatic N) is 2. The number of fused-ring (bicyclic) bond motifs is 1. The van der Waals surface area contributed by atoms with Gasteiger partial charge in [0, 0.05) is 5.56 Å². The van der Waals surface area contributed by atoms with Crippen molar-refractivity contribution in [3.8, 4) is 5.75 Å². The molecule has 92 valence electrons. The normalized spacial score (nSPS) is 17.4. The van der Waals surface area contributed by atoms with E-state index in [1.165, 1.54) is 0 Å². The highest BCUT2D eigenvalue weighted by Crippen LogP contribution is 2.38. The van der Waals surface area contributed by atoms with E-state index in [0.29, 0.717) is 27.2 Å². The minimum Gasteiger partial charge on any atom is -0.492 e. The summed E-state index contributed by atoms with van der Waals surface area (Å²) in [6, 6.07) is 7.82. The van der Waals surface area contributed by atoms with Gasteiger partial charge in [0.1, 0.15) is 28.5 Å². The average Bonchev–Trinajstić information content (AvgIpc) is 2.79. The molecular weight excluding hydrogens is 339 g/mol. The predicted octanol–water partition coefficient (Wildman–Crippen LogP) is 4.07. The molecule has 1 aliphatic heterocycles. The van der Waals surface area contributed by atoms with Crippen LogP contribution in [-0.2, 0) is 0 Å². The molecule has 1 aliphatic rings. The molecule has 1 aromatic carbocycles. The molecule has 1 unspecified atom stereocenters. The maximum atomic E-state index is 6.00. The van der Waals surface area contributed by atoms with E-state index in [0.717, 1.165) is 11.3 Å². The van der Waals surface area contributed by atoms with Gasteiger partial charge in [0.2, 0.25) is 0 Å². The van der Waals surface area contributed by atoms with E-state index >= 15 is 0 Å². The minimum absolute atomic E-state index is 0.0238. The van der Waals surface area contributed by atoms with E-state index in [2.05, 4.69) is 25.9 Å². The van der Waals surface area contributed by atoms with Gasteiger partial charge in [-0.25, -0.2) is 9.97 Å². The van der Waals surface area contributed by atoms with Crippen LogP contribution in [0.3, 0.4) is 0 Å². The fourth-order valence-electron chi connectivity index (χ4n) is 1.94. The van der Waals surface area contributed by atoms with Crippen LogP contribution in [-0.4, -0.2) is 16.6 Å².